The van der Waals surface area contributed by atoms with Crippen LogP contribution in [0.1, 0.15) is 27.2 Å². The fraction of sp³-hybridized carbons (Fsp3) is 0.303. The average Bonchev–Trinajstić information content (AvgIpc) is 3.61. The maximum Gasteiger partial charge on any atom is 0.247 e. The number of hydrogen-bond acceptors (Lipinski definition) is 8. The van der Waals surface area contributed by atoms with Crippen LogP contribution in [0, 0.1) is 0 Å². The Hall–Kier alpha value is -4.41. The minimum absolute atomic E-state index is 0.109. The summed E-state index contributed by atoms with van der Waals surface area (Å²) < 4.78 is 9.09. The van der Waals surface area contributed by atoms with Crippen LogP contribution >= 0.6 is 11.3 Å². The van der Waals surface area contributed by atoms with Gasteiger partial charge in [-0.1, -0.05) is 24.8 Å². The van der Waals surface area contributed by atoms with Crippen LogP contribution in [0.15, 0.2) is 66.7 Å². The number of hydrogen-bond donors (Lipinski definition) is 3. The lowest BCUT2D eigenvalue weighted by molar-refractivity contribution is -0.111. The van der Waals surface area contributed by atoms with Crippen molar-refractivity contribution >= 4 is 61.4 Å². The molecule has 0 saturated heterocycles. The van der Waals surface area contributed by atoms with Crippen LogP contribution in [-0.4, -0.2) is 59.6 Å². The molecule has 2 aromatic carbocycles. The van der Waals surface area contributed by atoms with Gasteiger partial charge in [-0.15, -0.1) is 11.3 Å². The van der Waals surface area contributed by atoms with Crippen molar-refractivity contribution in [3.63, 3.8) is 0 Å². The highest BCUT2D eigenvalue weighted by Crippen LogP contribution is 2.40. The predicted octanol–water partition coefficient (Wildman–Crippen LogP) is 7.31. The monoisotopic (exact) mass is 597 g/mol. The number of methoxy groups -OCH3 is 1. The van der Waals surface area contributed by atoms with Crippen LogP contribution in [0.5, 0.6) is 5.75 Å². The van der Waals surface area contributed by atoms with Gasteiger partial charge >= 0.3 is 0 Å². The van der Waals surface area contributed by atoms with E-state index in [0.717, 1.165) is 57.6 Å². The second-order valence-electron chi connectivity index (χ2n) is 11.6. The van der Waals surface area contributed by atoms with Crippen LogP contribution in [0.4, 0.5) is 23.0 Å². The molecule has 1 amide bonds. The number of thiophene rings is 1. The van der Waals surface area contributed by atoms with E-state index < -0.39 is 0 Å². The van der Waals surface area contributed by atoms with E-state index in [2.05, 4.69) is 83.2 Å². The SMILES string of the molecule is C=CC(=O)Nc1cc(Nc2nc(-c3cn(C(C)(C)C)c4ccccc34)c3sccc3n2)c(OC)cc1NCCCN(C)C. The number of amides is 1. The first-order chi connectivity index (χ1) is 20.6. The second kappa shape index (κ2) is 12.4. The molecule has 0 radical (unpaired) electrons. The summed E-state index contributed by atoms with van der Waals surface area (Å²) in [6.45, 7) is 11.9. The molecule has 0 aliphatic carbocycles. The first-order valence-electron chi connectivity index (χ1n) is 14.3. The Morgan fingerprint density at radius 2 is 1.91 bits per heavy atom. The Morgan fingerprint density at radius 3 is 2.63 bits per heavy atom. The smallest absolute Gasteiger partial charge is 0.247 e. The van der Waals surface area contributed by atoms with Gasteiger partial charge in [-0.25, -0.2) is 9.97 Å². The highest BCUT2D eigenvalue weighted by molar-refractivity contribution is 7.17. The predicted molar refractivity (Wildman–Crippen MR) is 180 cm³/mol. The number of benzene rings is 2. The lowest BCUT2D eigenvalue weighted by Gasteiger charge is -2.22. The highest BCUT2D eigenvalue weighted by Gasteiger charge is 2.22. The normalized spacial score (nSPS) is 11.7. The first-order valence-corrected chi connectivity index (χ1v) is 15.1. The summed E-state index contributed by atoms with van der Waals surface area (Å²) in [5.41, 5.74) is 5.78. The maximum atomic E-state index is 12.3. The molecule has 0 unspecified atom stereocenters. The minimum atomic E-state index is -0.305. The number of nitrogens with zero attached hydrogens (tertiary/aromatic N) is 4. The molecule has 0 atom stereocenters. The third-order valence-corrected chi connectivity index (χ3v) is 8.03. The van der Waals surface area contributed by atoms with Crippen molar-refractivity contribution in [1.82, 2.24) is 19.4 Å². The van der Waals surface area contributed by atoms with E-state index in [4.69, 9.17) is 14.7 Å². The van der Waals surface area contributed by atoms with E-state index >= 15 is 0 Å². The molecule has 0 saturated carbocycles. The number of aromatic nitrogens is 3. The molecule has 5 aromatic rings. The Balaban J connectivity index is 1.57. The van der Waals surface area contributed by atoms with Crippen LogP contribution < -0.4 is 20.7 Å². The van der Waals surface area contributed by atoms with Gasteiger partial charge in [0, 0.05) is 40.8 Å². The molecule has 0 bridgehead atoms. The molecule has 0 aliphatic heterocycles. The molecule has 224 valence electrons. The summed E-state index contributed by atoms with van der Waals surface area (Å²) in [6.07, 6.45) is 4.38. The summed E-state index contributed by atoms with van der Waals surface area (Å²) in [4.78, 5) is 24.4. The quantitative estimate of drug-likeness (QED) is 0.109. The molecular formula is C33H39N7O2S. The van der Waals surface area contributed by atoms with E-state index in [9.17, 15) is 4.79 Å². The summed E-state index contributed by atoms with van der Waals surface area (Å²) in [7, 11) is 5.71. The van der Waals surface area contributed by atoms with E-state index in [1.807, 2.05) is 37.7 Å². The van der Waals surface area contributed by atoms with Crippen LogP contribution in [-0.2, 0) is 10.3 Å². The molecule has 9 nitrogen and oxygen atoms in total. The highest BCUT2D eigenvalue weighted by atomic mass is 32.1. The summed E-state index contributed by atoms with van der Waals surface area (Å²) in [5, 5.41) is 12.9. The number of para-hydroxylation sites is 1. The fourth-order valence-corrected chi connectivity index (χ4v) is 5.88. The standard InChI is InChI=1S/C33H39N7O2S/c1-8-29(41)35-25-18-26(28(42-7)19-24(25)34-15-11-16-39(5)6)37-32-36-23-14-17-43-31(23)30(38-32)22-20-40(33(2,3)4)27-13-10-9-12-21(22)27/h8-10,12-14,17-20,34H,1,11,15-16H2,2-7H3,(H,35,41)(H,36,37,38). The van der Waals surface area contributed by atoms with Gasteiger partial charge in [0.2, 0.25) is 11.9 Å². The van der Waals surface area contributed by atoms with E-state index in [1.54, 1.807) is 18.4 Å². The Bertz CT molecular complexity index is 1780. The van der Waals surface area contributed by atoms with Crippen molar-refractivity contribution in [2.24, 2.45) is 0 Å². The van der Waals surface area contributed by atoms with E-state index in [0.29, 0.717) is 23.1 Å². The first kappa shape index (κ1) is 30.1. The van der Waals surface area contributed by atoms with Crippen molar-refractivity contribution in [3.05, 3.63) is 66.7 Å². The number of carbonyl (C=O) groups is 1. The molecule has 3 aromatic heterocycles. The Morgan fingerprint density at radius 1 is 1.12 bits per heavy atom. The molecule has 10 heteroatoms. The molecule has 0 aliphatic rings. The molecule has 5 rings (SSSR count). The van der Waals surface area contributed by atoms with Gasteiger partial charge in [-0.2, -0.15) is 0 Å². The van der Waals surface area contributed by atoms with E-state index in [1.165, 1.54) is 6.08 Å². The average molecular weight is 598 g/mol. The van der Waals surface area contributed by atoms with Gasteiger partial charge in [0.15, 0.2) is 0 Å². The largest absolute Gasteiger partial charge is 0.494 e. The molecule has 3 N–H and O–H groups in total. The number of fused-ring (bicyclic) bond motifs is 2. The lowest BCUT2D eigenvalue weighted by atomic mass is 10.1. The lowest BCUT2D eigenvalue weighted by Crippen LogP contribution is -2.20. The molecule has 3 heterocycles. The zero-order valence-corrected chi connectivity index (χ0v) is 26.4. The van der Waals surface area contributed by atoms with Crippen LogP contribution in [0.2, 0.25) is 0 Å². The van der Waals surface area contributed by atoms with Gasteiger partial charge in [0.1, 0.15) is 5.75 Å². The van der Waals surface area contributed by atoms with Crippen molar-refractivity contribution in [1.29, 1.82) is 0 Å². The minimum Gasteiger partial charge on any atom is -0.494 e. The van der Waals surface area contributed by atoms with Crippen LogP contribution in [0.3, 0.4) is 0 Å². The molecule has 0 fully saturated rings. The topological polar surface area (TPSA) is 96.3 Å². The number of carbonyl (C=O) groups excluding carboxylic acids is 1. The van der Waals surface area contributed by atoms with Crippen LogP contribution in [0.25, 0.3) is 32.4 Å². The second-order valence-corrected chi connectivity index (χ2v) is 12.5. The molecular weight excluding hydrogens is 558 g/mol. The van der Waals surface area contributed by atoms with Crippen molar-refractivity contribution in [2.45, 2.75) is 32.7 Å². The summed E-state index contributed by atoms with van der Waals surface area (Å²) in [5.74, 6) is 0.715. The number of ether oxygens (including phenoxy) is 1. The zero-order valence-electron chi connectivity index (χ0n) is 25.6. The van der Waals surface area contributed by atoms with Gasteiger partial charge in [0.25, 0.3) is 0 Å². The summed E-state index contributed by atoms with van der Waals surface area (Å²) in [6, 6.07) is 14.1. The third-order valence-electron chi connectivity index (χ3n) is 7.12. The summed E-state index contributed by atoms with van der Waals surface area (Å²) >= 11 is 1.63. The molecule has 0 spiro atoms. The zero-order chi connectivity index (χ0) is 30.7. The van der Waals surface area contributed by atoms with Crippen molar-refractivity contribution < 1.29 is 9.53 Å². The van der Waals surface area contributed by atoms with Crippen molar-refractivity contribution in [3.8, 4) is 17.0 Å². The maximum absolute atomic E-state index is 12.3. The fourth-order valence-electron chi connectivity index (χ4n) is 5.04. The van der Waals surface area contributed by atoms with Gasteiger partial charge in [0.05, 0.1) is 40.1 Å². The third kappa shape index (κ3) is 6.50. The van der Waals surface area contributed by atoms with Gasteiger partial charge < -0.3 is 30.2 Å². The Labute approximate surface area is 256 Å². The number of anilines is 4. The van der Waals surface area contributed by atoms with Gasteiger partial charge in [-0.05, 0) is 77.5 Å². The number of rotatable bonds is 11. The molecule has 43 heavy (non-hydrogen) atoms. The number of nitrogens with one attached hydrogen (secondary N) is 3. The van der Waals surface area contributed by atoms with E-state index in [-0.39, 0.29) is 11.4 Å². The van der Waals surface area contributed by atoms with Crippen molar-refractivity contribution in [2.75, 3.05) is 50.2 Å². The Kier molecular flexibility index (Phi) is 8.70. The van der Waals surface area contributed by atoms with Gasteiger partial charge in [-0.3, -0.25) is 4.79 Å².